The van der Waals surface area contributed by atoms with E-state index in [1.54, 1.807) is 12.1 Å². The minimum Gasteiger partial charge on any atom is -0.506 e. The summed E-state index contributed by atoms with van der Waals surface area (Å²) in [5.74, 6) is 0.539. The number of benzene rings is 1. The van der Waals surface area contributed by atoms with E-state index in [2.05, 4.69) is 17.1 Å². The average Bonchev–Trinajstić information content (AvgIpc) is 2.49. The maximum Gasteiger partial charge on any atom is 0.241 e. The number of anilines is 1. The lowest BCUT2D eigenvalue weighted by Gasteiger charge is -2.33. The van der Waals surface area contributed by atoms with Gasteiger partial charge in [0.1, 0.15) is 11.5 Å². The van der Waals surface area contributed by atoms with E-state index >= 15 is 0 Å². The van der Waals surface area contributed by atoms with Crippen LogP contribution < -0.4 is 10.1 Å². The smallest absolute Gasteiger partial charge is 0.241 e. The third kappa shape index (κ3) is 3.22. The average molecular weight is 278 g/mol. The van der Waals surface area contributed by atoms with E-state index in [0.717, 1.165) is 32.4 Å². The molecule has 1 aliphatic rings. The second-order valence-corrected chi connectivity index (χ2v) is 5.01. The van der Waals surface area contributed by atoms with Gasteiger partial charge in [-0.05, 0) is 38.1 Å². The predicted molar refractivity (Wildman–Crippen MR) is 78.2 cm³/mol. The SMILES string of the molecule is CCN1CCCCC1C(=O)Nc1ccc(OC)cc1O. The quantitative estimate of drug-likeness (QED) is 0.829. The highest BCUT2D eigenvalue weighted by atomic mass is 16.5. The van der Waals surface area contributed by atoms with Crippen molar-refractivity contribution in [3.05, 3.63) is 18.2 Å². The van der Waals surface area contributed by atoms with Crippen molar-refractivity contribution in [3.63, 3.8) is 0 Å². The monoisotopic (exact) mass is 278 g/mol. The second-order valence-electron chi connectivity index (χ2n) is 5.01. The second kappa shape index (κ2) is 6.61. The van der Waals surface area contributed by atoms with E-state index in [9.17, 15) is 9.90 Å². The van der Waals surface area contributed by atoms with Gasteiger partial charge < -0.3 is 15.2 Å². The summed E-state index contributed by atoms with van der Waals surface area (Å²) < 4.78 is 5.02. The Morgan fingerprint density at radius 3 is 2.95 bits per heavy atom. The fourth-order valence-electron chi connectivity index (χ4n) is 2.63. The molecule has 1 aromatic rings. The minimum atomic E-state index is -0.102. The van der Waals surface area contributed by atoms with Crippen LogP contribution in [0.4, 0.5) is 5.69 Å². The number of amides is 1. The number of piperidine rings is 1. The molecule has 1 amide bonds. The van der Waals surface area contributed by atoms with Crippen LogP contribution in [0.25, 0.3) is 0 Å². The fraction of sp³-hybridized carbons (Fsp3) is 0.533. The Morgan fingerprint density at radius 2 is 2.30 bits per heavy atom. The number of methoxy groups -OCH3 is 1. The van der Waals surface area contributed by atoms with Gasteiger partial charge in [-0.15, -0.1) is 0 Å². The van der Waals surface area contributed by atoms with Crippen LogP contribution in [0.2, 0.25) is 0 Å². The van der Waals surface area contributed by atoms with Gasteiger partial charge in [0.15, 0.2) is 0 Å². The Morgan fingerprint density at radius 1 is 1.50 bits per heavy atom. The number of carbonyl (C=O) groups excluding carboxylic acids is 1. The number of aromatic hydroxyl groups is 1. The van der Waals surface area contributed by atoms with Crippen LogP contribution in [0, 0.1) is 0 Å². The van der Waals surface area contributed by atoms with Crippen molar-refractivity contribution < 1.29 is 14.6 Å². The van der Waals surface area contributed by atoms with E-state index in [1.165, 1.54) is 13.2 Å². The number of hydrogen-bond acceptors (Lipinski definition) is 4. The first-order valence-electron chi connectivity index (χ1n) is 7.07. The maximum absolute atomic E-state index is 12.3. The summed E-state index contributed by atoms with van der Waals surface area (Å²) in [5.41, 5.74) is 0.428. The van der Waals surface area contributed by atoms with E-state index in [-0.39, 0.29) is 17.7 Å². The lowest BCUT2D eigenvalue weighted by molar-refractivity contribution is -0.122. The summed E-state index contributed by atoms with van der Waals surface area (Å²) in [4.78, 5) is 14.5. The number of nitrogens with one attached hydrogen (secondary N) is 1. The number of ether oxygens (including phenoxy) is 1. The standard InChI is InChI=1S/C15H22N2O3/c1-3-17-9-5-4-6-13(17)15(19)16-12-8-7-11(20-2)10-14(12)18/h7-8,10,13,18H,3-6,9H2,1-2H3,(H,16,19). The summed E-state index contributed by atoms with van der Waals surface area (Å²) in [6, 6.07) is 4.77. The van der Waals surface area contributed by atoms with Crippen LogP contribution >= 0.6 is 0 Å². The summed E-state index contributed by atoms with van der Waals surface area (Å²) in [6.07, 6.45) is 3.09. The van der Waals surface area contributed by atoms with Crippen molar-refractivity contribution in [2.75, 3.05) is 25.5 Å². The maximum atomic E-state index is 12.3. The third-order valence-electron chi connectivity index (χ3n) is 3.79. The summed E-state index contributed by atoms with van der Waals surface area (Å²) in [5, 5.41) is 12.7. The largest absolute Gasteiger partial charge is 0.506 e. The minimum absolute atomic E-state index is 0.0246. The molecule has 5 nitrogen and oxygen atoms in total. The molecule has 1 heterocycles. The Labute approximate surface area is 119 Å². The van der Waals surface area contributed by atoms with Gasteiger partial charge in [0, 0.05) is 6.07 Å². The molecular formula is C15H22N2O3. The van der Waals surface area contributed by atoms with Gasteiger partial charge in [0.05, 0.1) is 18.8 Å². The van der Waals surface area contributed by atoms with Gasteiger partial charge in [0.25, 0.3) is 0 Å². The number of phenols is 1. The number of carbonyl (C=O) groups is 1. The zero-order valence-electron chi connectivity index (χ0n) is 12.1. The van der Waals surface area contributed by atoms with Gasteiger partial charge in [-0.2, -0.15) is 0 Å². The molecule has 0 bridgehead atoms. The van der Waals surface area contributed by atoms with Crippen LogP contribution in [-0.4, -0.2) is 42.2 Å². The summed E-state index contributed by atoms with van der Waals surface area (Å²) in [6.45, 7) is 3.90. The zero-order valence-corrected chi connectivity index (χ0v) is 12.1. The number of rotatable bonds is 4. The molecule has 0 aliphatic carbocycles. The molecule has 0 radical (unpaired) electrons. The van der Waals surface area contributed by atoms with Gasteiger partial charge in [-0.25, -0.2) is 0 Å². The van der Waals surface area contributed by atoms with Crippen molar-refractivity contribution in [2.24, 2.45) is 0 Å². The van der Waals surface area contributed by atoms with Gasteiger partial charge >= 0.3 is 0 Å². The topological polar surface area (TPSA) is 61.8 Å². The van der Waals surface area contributed by atoms with Crippen molar-refractivity contribution in [3.8, 4) is 11.5 Å². The molecule has 1 atom stereocenters. The van der Waals surface area contributed by atoms with Gasteiger partial charge in [0.2, 0.25) is 5.91 Å². The Bertz CT molecular complexity index is 476. The molecule has 1 aliphatic heterocycles. The molecule has 1 saturated heterocycles. The van der Waals surface area contributed by atoms with Crippen LogP contribution in [-0.2, 0) is 4.79 Å². The highest BCUT2D eigenvalue weighted by Gasteiger charge is 2.27. The lowest BCUT2D eigenvalue weighted by atomic mass is 10.0. The van der Waals surface area contributed by atoms with E-state index in [0.29, 0.717) is 11.4 Å². The number of hydrogen-bond donors (Lipinski definition) is 2. The van der Waals surface area contributed by atoms with Crippen LogP contribution in [0.1, 0.15) is 26.2 Å². The first kappa shape index (κ1) is 14.7. The summed E-state index contributed by atoms with van der Waals surface area (Å²) in [7, 11) is 1.54. The molecule has 1 aromatic carbocycles. The van der Waals surface area contributed by atoms with Crippen molar-refractivity contribution in [2.45, 2.75) is 32.2 Å². The van der Waals surface area contributed by atoms with Gasteiger partial charge in [-0.1, -0.05) is 13.3 Å². The van der Waals surface area contributed by atoms with Crippen LogP contribution in [0.15, 0.2) is 18.2 Å². The Hall–Kier alpha value is -1.75. The van der Waals surface area contributed by atoms with Gasteiger partial charge in [-0.3, -0.25) is 9.69 Å². The molecule has 0 saturated carbocycles. The van der Waals surface area contributed by atoms with Crippen molar-refractivity contribution >= 4 is 11.6 Å². The van der Waals surface area contributed by atoms with Crippen LogP contribution in [0.5, 0.6) is 11.5 Å². The normalized spacial score (nSPS) is 19.6. The molecule has 20 heavy (non-hydrogen) atoms. The molecule has 2 N–H and O–H groups in total. The first-order valence-corrected chi connectivity index (χ1v) is 7.07. The number of phenolic OH excluding ortho intramolecular Hbond substituents is 1. The fourth-order valence-corrected chi connectivity index (χ4v) is 2.63. The number of nitrogens with zero attached hydrogens (tertiary/aromatic N) is 1. The molecule has 5 heteroatoms. The molecular weight excluding hydrogens is 256 g/mol. The van der Waals surface area contributed by atoms with Crippen molar-refractivity contribution in [1.82, 2.24) is 4.90 Å². The highest BCUT2D eigenvalue weighted by Crippen LogP contribution is 2.28. The zero-order chi connectivity index (χ0) is 14.5. The highest BCUT2D eigenvalue weighted by molar-refractivity contribution is 5.96. The van der Waals surface area contributed by atoms with Crippen molar-refractivity contribution in [1.29, 1.82) is 0 Å². The Kier molecular flexibility index (Phi) is 4.84. The van der Waals surface area contributed by atoms with E-state index in [1.807, 2.05) is 0 Å². The molecule has 2 rings (SSSR count). The van der Waals surface area contributed by atoms with E-state index < -0.39 is 0 Å². The number of likely N-dealkylation sites (N-methyl/N-ethyl adjacent to an activating group) is 1. The number of likely N-dealkylation sites (tertiary alicyclic amines) is 1. The third-order valence-corrected chi connectivity index (χ3v) is 3.79. The molecule has 0 aromatic heterocycles. The Balaban J connectivity index is 2.07. The van der Waals surface area contributed by atoms with E-state index in [4.69, 9.17) is 4.74 Å². The molecule has 110 valence electrons. The molecule has 1 unspecified atom stereocenters. The molecule has 1 fully saturated rings. The lowest BCUT2D eigenvalue weighted by Crippen LogP contribution is -2.46. The predicted octanol–water partition coefficient (Wildman–Crippen LogP) is 2.21. The summed E-state index contributed by atoms with van der Waals surface area (Å²) >= 11 is 0. The van der Waals surface area contributed by atoms with Crippen LogP contribution in [0.3, 0.4) is 0 Å². The molecule has 0 spiro atoms. The first-order chi connectivity index (χ1) is 9.65.